The molecule has 0 bridgehead atoms. The second-order valence-corrected chi connectivity index (χ2v) is 8.82. The molecule has 0 spiro atoms. The van der Waals surface area contributed by atoms with Gasteiger partial charge in [-0.3, -0.25) is 24.3 Å². The molecule has 1 aromatic heterocycles. The number of carbonyl (C=O) groups is 3. The van der Waals surface area contributed by atoms with Crippen LogP contribution in [0.25, 0.3) is 0 Å². The molecule has 3 heterocycles. The molecule has 0 saturated heterocycles. The van der Waals surface area contributed by atoms with Gasteiger partial charge in [0.15, 0.2) is 0 Å². The SMILES string of the molecule is Cc1ccc(Oc2ccc(N3C(=O)c4cc5c(cc4C3(O)[n+]3cc[nH]c3)C(=O)N(C)C5=O)cc2)cc1. The number of nitrogens with zero attached hydrogens (tertiary/aromatic N) is 3. The Balaban J connectivity index is 1.44. The minimum atomic E-state index is -1.98. The minimum absolute atomic E-state index is 0.139. The summed E-state index contributed by atoms with van der Waals surface area (Å²) in [5.74, 6) is -2.23. The van der Waals surface area contributed by atoms with Gasteiger partial charge in [-0.15, -0.1) is 0 Å². The zero-order valence-corrected chi connectivity index (χ0v) is 19.4. The number of hydrogen-bond acceptors (Lipinski definition) is 5. The summed E-state index contributed by atoms with van der Waals surface area (Å²) < 4.78 is 7.33. The van der Waals surface area contributed by atoms with E-state index < -0.39 is 23.6 Å². The minimum Gasteiger partial charge on any atom is -0.457 e. The number of nitrogens with one attached hydrogen (secondary N) is 1. The number of carbonyl (C=O) groups excluding carboxylic acids is 3. The average molecular weight is 481 g/mol. The lowest BCUT2D eigenvalue weighted by Crippen LogP contribution is -2.64. The number of aryl methyl sites for hydroxylation is 1. The normalized spacial score (nSPS) is 18.6. The molecule has 1 atom stereocenters. The van der Waals surface area contributed by atoms with Gasteiger partial charge < -0.3 is 9.84 Å². The Morgan fingerprint density at radius 2 is 1.47 bits per heavy atom. The smallest absolute Gasteiger partial charge is 0.328 e. The molecule has 9 heteroatoms. The highest BCUT2D eigenvalue weighted by molar-refractivity contribution is 6.23. The van der Waals surface area contributed by atoms with E-state index in [9.17, 15) is 19.5 Å². The molecule has 3 aromatic carbocycles. The van der Waals surface area contributed by atoms with E-state index in [-0.39, 0.29) is 22.3 Å². The number of aromatic amines is 1. The first-order valence-electron chi connectivity index (χ1n) is 11.3. The van der Waals surface area contributed by atoms with Crippen LogP contribution in [0, 0.1) is 6.92 Å². The number of anilines is 1. The lowest BCUT2D eigenvalue weighted by atomic mass is 9.98. The molecule has 2 aliphatic heterocycles. The number of aliphatic hydroxyl groups is 1. The first kappa shape index (κ1) is 21.8. The summed E-state index contributed by atoms with van der Waals surface area (Å²) in [4.78, 5) is 44.0. The number of H-pyrrole nitrogens is 1. The van der Waals surface area contributed by atoms with Gasteiger partial charge in [-0.25, -0.2) is 4.90 Å². The van der Waals surface area contributed by atoms with Gasteiger partial charge in [0, 0.05) is 7.05 Å². The van der Waals surface area contributed by atoms with Crippen molar-refractivity contribution >= 4 is 23.4 Å². The Morgan fingerprint density at radius 1 is 0.861 bits per heavy atom. The van der Waals surface area contributed by atoms with Gasteiger partial charge in [-0.05, 0) is 55.5 Å². The van der Waals surface area contributed by atoms with Crippen molar-refractivity contribution in [1.29, 1.82) is 0 Å². The molecular formula is C27H21N4O5+. The van der Waals surface area contributed by atoms with E-state index in [2.05, 4.69) is 4.98 Å². The molecule has 0 saturated carbocycles. The standard InChI is InChI=1S/C27H20N4O5/c1-16-3-7-18(8-4-16)36-19-9-5-17(6-10-19)31-26(34)22-13-20-21(25(33)29(2)24(20)32)14-23(22)27(31,35)30-12-11-28-15-30/h3-15,35H,1-2H3/p+1. The van der Waals surface area contributed by atoms with Crippen LogP contribution in [0.3, 0.4) is 0 Å². The third kappa shape index (κ3) is 2.99. The molecule has 0 aliphatic carbocycles. The quantitative estimate of drug-likeness (QED) is 0.344. The van der Waals surface area contributed by atoms with Crippen LogP contribution in [0.2, 0.25) is 0 Å². The summed E-state index contributed by atoms with van der Waals surface area (Å²) >= 11 is 0. The molecule has 0 radical (unpaired) electrons. The maximum atomic E-state index is 13.7. The Morgan fingerprint density at radius 3 is 2.08 bits per heavy atom. The molecule has 3 amide bonds. The predicted octanol–water partition coefficient (Wildman–Crippen LogP) is 2.94. The second kappa shape index (κ2) is 7.62. The molecule has 178 valence electrons. The molecule has 0 fully saturated rings. The maximum absolute atomic E-state index is 13.7. The Bertz CT molecular complexity index is 1540. The number of benzene rings is 3. The summed E-state index contributed by atoms with van der Waals surface area (Å²) in [6, 6.07) is 17.2. The van der Waals surface area contributed by atoms with Crippen molar-refractivity contribution < 1.29 is 28.8 Å². The van der Waals surface area contributed by atoms with Gasteiger partial charge in [0.25, 0.3) is 17.7 Å². The Labute approximate surface area is 205 Å². The lowest BCUT2D eigenvalue weighted by Gasteiger charge is -2.30. The predicted molar refractivity (Wildman–Crippen MR) is 128 cm³/mol. The second-order valence-electron chi connectivity index (χ2n) is 8.82. The van der Waals surface area contributed by atoms with Crippen LogP contribution in [-0.2, 0) is 5.85 Å². The van der Waals surface area contributed by atoms with Crippen LogP contribution in [0.15, 0.2) is 79.4 Å². The van der Waals surface area contributed by atoms with E-state index in [4.69, 9.17) is 4.74 Å². The first-order chi connectivity index (χ1) is 17.3. The molecule has 9 nitrogen and oxygen atoms in total. The monoisotopic (exact) mass is 481 g/mol. The van der Waals surface area contributed by atoms with E-state index in [0.717, 1.165) is 10.5 Å². The summed E-state index contributed by atoms with van der Waals surface area (Å²) in [5, 5.41) is 12.1. The van der Waals surface area contributed by atoms with Gasteiger partial charge in [-0.2, -0.15) is 4.57 Å². The third-order valence-electron chi connectivity index (χ3n) is 6.59. The van der Waals surface area contributed by atoms with Crippen LogP contribution >= 0.6 is 0 Å². The number of imide groups is 1. The van der Waals surface area contributed by atoms with Crippen LogP contribution in [0.5, 0.6) is 11.5 Å². The van der Waals surface area contributed by atoms with E-state index in [1.54, 1.807) is 36.7 Å². The summed E-state index contributed by atoms with van der Waals surface area (Å²) in [6.07, 6.45) is 4.69. The number of amides is 3. The third-order valence-corrected chi connectivity index (χ3v) is 6.59. The van der Waals surface area contributed by atoms with Crippen LogP contribution in [0.4, 0.5) is 5.69 Å². The van der Waals surface area contributed by atoms with Crippen molar-refractivity contribution in [2.45, 2.75) is 12.8 Å². The largest absolute Gasteiger partial charge is 0.457 e. The highest BCUT2D eigenvalue weighted by Gasteiger charge is 2.56. The van der Waals surface area contributed by atoms with Gasteiger partial charge in [-0.1, -0.05) is 17.7 Å². The van der Waals surface area contributed by atoms with Crippen LogP contribution < -0.4 is 14.2 Å². The number of rotatable bonds is 4. The summed E-state index contributed by atoms with van der Waals surface area (Å²) in [6.45, 7) is 1.99. The van der Waals surface area contributed by atoms with Gasteiger partial charge >= 0.3 is 5.85 Å². The van der Waals surface area contributed by atoms with Crippen molar-refractivity contribution in [1.82, 2.24) is 9.88 Å². The van der Waals surface area contributed by atoms with E-state index in [1.807, 2.05) is 31.2 Å². The van der Waals surface area contributed by atoms with Crippen molar-refractivity contribution in [3.05, 3.63) is 107 Å². The topological polar surface area (TPSA) is 107 Å². The van der Waals surface area contributed by atoms with Crippen LogP contribution in [0.1, 0.15) is 42.2 Å². The summed E-state index contributed by atoms with van der Waals surface area (Å²) in [5.41, 5.74) is 2.15. The molecule has 6 rings (SSSR count). The fourth-order valence-electron chi connectivity index (χ4n) is 4.69. The molecule has 2 aliphatic rings. The van der Waals surface area contributed by atoms with E-state index in [0.29, 0.717) is 17.2 Å². The van der Waals surface area contributed by atoms with Crippen molar-refractivity contribution in [2.24, 2.45) is 0 Å². The molecule has 1 unspecified atom stereocenters. The van der Waals surface area contributed by atoms with Crippen molar-refractivity contribution in [2.75, 3.05) is 11.9 Å². The number of aromatic nitrogens is 2. The van der Waals surface area contributed by atoms with E-state index in [1.165, 1.54) is 35.0 Å². The molecule has 2 N–H and O–H groups in total. The highest BCUT2D eigenvalue weighted by Crippen LogP contribution is 2.41. The fraction of sp³-hybridized carbons (Fsp3) is 0.111. The maximum Gasteiger partial charge on any atom is 0.328 e. The van der Waals surface area contributed by atoms with Gasteiger partial charge in [0.05, 0.1) is 27.9 Å². The Kier molecular flexibility index (Phi) is 4.61. The highest BCUT2D eigenvalue weighted by atomic mass is 16.5. The zero-order chi connectivity index (χ0) is 25.2. The average Bonchev–Trinajstić information content (AvgIpc) is 3.55. The van der Waals surface area contributed by atoms with Crippen molar-refractivity contribution in [3.8, 4) is 11.5 Å². The van der Waals surface area contributed by atoms with E-state index >= 15 is 0 Å². The lowest BCUT2D eigenvalue weighted by molar-refractivity contribution is -0.791. The number of fused-ring (bicyclic) bond motifs is 2. The number of hydrogen-bond donors (Lipinski definition) is 2. The van der Waals surface area contributed by atoms with Crippen LogP contribution in [-0.4, -0.2) is 39.8 Å². The zero-order valence-electron chi connectivity index (χ0n) is 19.4. The fourth-order valence-corrected chi connectivity index (χ4v) is 4.69. The van der Waals surface area contributed by atoms with Gasteiger partial charge in [0.1, 0.15) is 23.9 Å². The Hall–Kier alpha value is -4.76. The first-order valence-corrected chi connectivity index (χ1v) is 11.3. The number of imidazole rings is 1. The summed E-state index contributed by atoms with van der Waals surface area (Å²) in [7, 11) is 1.39. The molecular weight excluding hydrogens is 460 g/mol. The van der Waals surface area contributed by atoms with Gasteiger partial charge in [0.2, 0.25) is 6.33 Å². The molecule has 4 aromatic rings. The number of ether oxygens (including phenoxy) is 1. The van der Waals surface area contributed by atoms with Crippen molar-refractivity contribution in [3.63, 3.8) is 0 Å². The molecule has 36 heavy (non-hydrogen) atoms.